The van der Waals surface area contributed by atoms with Crippen LogP contribution in [0, 0.1) is 23.4 Å². The van der Waals surface area contributed by atoms with Crippen molar-refractivity contribution in [3.05, 3.63) is 77.9 Å². The van der Waals surface area contributed by atoms with Crippen molar-refractivity contribution in [2.24, 2.45) is 5.92 Å². The van der Waals surface area contributed by atoms with Crippen LogP contribution in [0.4, 0.5) is 19.1 Å². The largest absolute Gasteiger partial charge is 0.388 e. The van der Waals surface area contributed by atoms with Gasteiger partial charge >= 0.3 is 0 Å². The van der Waals surface area contributed by atoms with E-state index >= 15 is 0 Å². The van der Waals surface area contributed by atoms with Crippen molar-refractivity contribution >= 4 is 5.95 Å². The standard InChI is InChI=1S/C22H20F3N3O/c23-16-3-5-17(20(25)13-16)15-2-4-18(19(24)12-15)21(29)14-6-10-28(11-7-14)22-26-8-1-9-27-22/h1-5,8-9,12-14,21,29H,6-7,10-11H2. The maximum absolute atomic E-state index is 14.7. The van der Waals surface area contributed by atoms with E-state index in [-0.39, 0.29) is 17.0 Å². The van der Waals surface area contributed by atoms with Gasteiger partial charge in [-0.15, -0.1) is 0 Å². The monoisotopic (exact) mass is 399 g/mol. The Morgan fingerprint density at radius 2 is 1.66 bits per heavy atom. The van der Waals surface area contributed by atoms with Crippen LogP contribution < -0.4 is 4.90 Å². The number of rotatable bonds is 4. The van der Waals surface area contributed by atoms with Crippen LogP contribution in [-0.2, 0) is 0 Å². The van der Waals surface area contributed by atoms with Crippen LogP contribution in [-0.4, -0.2) is 28.2 Å². The first-order valence-electron chi connectivity index (χ1n) is 9.48. The molecule has 2 heterocycles. The lowest BCUT2D eigenvalue weighted by Gasteiger charge is -2.34. The van der Waals surface area contributed by atoms with Crippen molar-refractivity contribution in [2.75, 3.05) is 18.0 Å². The molecule has 3 aromatic rings. The summed E-state index contributed by atoms with van der Waals surface area (Å²) in [4.78, 5) is 10.5. The maximum Gasteiger partial charge on any atom is 0.225 e. The lowest BCUT2D eigenvalue weighted by atomic mass is 9.86. The third-order valence-corrected chi connectivity index (χ3v) is 5.38. The summed E-state index contributed by atoms with van der Waals surface area (Å²) in [6.45, 7) is 1.35. The van der Waals surface area contributed by atoms with Gasteiger partial charge in [0.25, 0.3) is 0 Å². The molecule has 1 aliphatic rings. The Labute approximate surface area is 166 Å². The van der Waals surface area contributed by atoms with Gasteiger partial charge in [-0.05, 0) is 48.6 Å². The number of anilines is 1. The zero-order valence-electron chi connectivity index (χ0n) is 15.6. The van der Waals surface area contributed by atoms with Crippen LogP contribution in [0.25, 0.3) is 11.1 Å². The number of hydrogen-bond donors (Lipinski definition) is 1. The average Bonchev–Trinajstić information content (AvgIpc) is 2.74. The predicted octanol–water partition coefficient (Wildman–Crippen LogP) is 4.51. The summed E-state index contributed by atoms with van der Waals surface area (Å²) in [6.07, 6.45) is 3.76. The van der Waals surface area contributed by atoms with E-state index in [0.717, 1.165) is 12.1 Å². The minimum atomic E-state index is -0.957. The van der Waals surface area contributed by atoms with Gasteiger partial charge in [-0.3, -0.25) is 0 Å². The van der Waals surface area contributed by atoms with Crippen molar-refractivity contribution in [3.8, 4) is 11.1 Å². The Morgan fingerprint density at radius 1 is 0.931 bits per heavy atom. The van der Waals surface area contributed by atoms with E-state index in [0.29, 0.717) is 37.4 Å². The maximum atomic E-state index is 14.7. The van der Waals surface area contributed by atoms with Gasteiger partial charge in [0.1, 0.15) is 17.5 Å². The fraction of sp³-hybridized carbons (Fsp3) is 0.273. The molecule has 0 bridgehead atoms. The number of hydrogen-bond acceptors (Lipinski definition) is 4. The van der Waals surface area contributed by atoms with E-state index in [9.17, 15) is 18.3 Å². The highest BCUT2D eigenvalue weighted by Gasteiger charge is 2.29. The van der Waals surface area contributed by atoms with Crippen LogP contribution in [0.15, 0.2) is 54.9 Å². The van der Waals surface area contributed by atoms with Crippen LogP contribution >= 0.6 is 0 Å². The number of piperidine rings is 1. The second-order valence-corrected chi connectivity index (χ2v) is 7.18. The molecule has 0 saturated carbocycles. The Hall–Kier alpha value is -2.93. The normalized spacial score (nSPS) is 16.1. The highest BCUT2D eigenvalue weighted by Crippen LogP contribution is 2.34. The summed E-state index contributed by atoms with van der Waals surface area (Å²) >= 11 is 0. The molecule has 2 aromatic carbocycles. The van der Waals surface area contributed by atoms with Crippen LogP contribution in [0.5, 0.6) is 0 Å². The average molecular weight is 399 g/mol. The molecule has 1 fully saturated rings. The third kappa shape index (κ3) is 4.10. The lowest BCUT2D eigenvalue weighted by molar-refractivity contribution is 0.0894. The van der Waals surface area contributed by atoms with Gasteiger partial charge in [0, 0.05) is 42.7 Å². The predicted molar refractivity (Wildman–Crippen MR) is 104 cm³/mol. The van der Waals surface area contributed by atoms with Gasteiger partial charge in [-0.2, -0.15) is 0 Å². The number of benzene rings is 2. The van der Waals surface area contributed by atoms with Gasteiger partial charge < -0.3 is 10.0 Å². The molecule has 1 unspecified atom stereocenters. The summed E-state index contributed by atoms with van der Waals surface area (Å²) in [5, 5.41) is 10.7. The number of halogens is 3. The molecule has 4 nitrogen and oxygen atoms in total. The van der Waals surface area contributed by atoms with Crippen LogP contribution in [0.2, 0.25) is 0 Å². The summed E-state index contributed by atoms with van der Waals surface area (Å²) in [7, 11) is 0. The Bertz CT molecular complexity index is 992. The summed E-state index contributed by atoms with van der Waals surface area (Å²) in [5.74, 6) is -1.50. The Kier molecular flexibility index (Phi) is 5.49. The van der Waals surface area contributed by atoms with Gasteiger partial charge in [0.15, 0.2) is 0 Å². The molecule has 1 atom stereocenters. The first-order valence-corrected chi connectivity index (χ1v) is 9.48. The smallest absolute Gasteiger partial charge is 0.225 e. The summed E-state index contributed by atoms with van der Waals surface area (Å²) in [5.41, 5.74) is 0.597. The molecule has 1 aromatic heterocycles. The van der Waals surface area contributed by atoms with Crippen LogP contribution in [0.1, 0.15) is 24.5 Å². The molecule has 29 heavy (non-hydrogen) atoms. The second-order valence-electron chi connectivity index (χ2n) is 7.18. The second kappa shape index (κ2) is 8.21. The number of aromatic nitrogens is 2. The molecule has 0 amide bonds. The van der Waals surface area contributed by atoms with Gasteiger partial charge in [-0.1, -0.05) is 12.1 Å². The Morgan fingerprint density at radius 3 is 2.31 bits per heavy atom. The van der Waals surface area contributed by atoms with E-state index in [1.807, 2.05) is 4.90 Å². The minimum absolute atomic E-state index is 0.0992. The van der Waals surface area contributed by atoms with E-state index < -0.39 is 23.6 Å². The topological polar surface area (TPSA) is 49.2 Å². The first-order chi connectivity index (χ1) is 14.0. The zero-order chi connectivity index (χ0) is 20.4. The first kappa shape index (κ1) is 19.4. The molecule has 1 N–H and O–H groups in total. The molecule has 150 valence electrons. The van der Waals surface area contributed by atoms with Gasteiger partial charge in [0.05, 0.1) is 6.10 Å². The summed E-state index contributed by atoms with van der Waals surface area (Å²) < 4.78 is 41.8. The quantitative estimate of drug-likeness (QED) is 0.701. The van der Waals surface area contributed by atoms with Crippen molar-refractivity contribution in [2.45, 2.75) is 18.9 Å². The number of nitrogens with zero attached hydrogens (tertiary/aromatic N) is 3. The molecule has 4 rings (SSSR count). The van der Waals surface area contributed by atoms with Crippen LogP contribution in [0.3, 0.4) is 0 Å². The van der Waals surface area contributed by atoms with Gasteiger partial charge in [-0.25, -0.2) is 23.1 Å². The molecule has 0 radical (unpaired) electrons. The Balaban J connectivity index is 1.47. The highest BCUT2D eigenvalue weighted by molar-refractivity contribution is 5.64. The van der Waals surface area contributed by atoms with E-state index in [1.165, 1.54) is 18.2 Å². The molecule has 7 heteroatoms. The molecular formula is C22H20F3N3O. The fourth-order valence-electron chi connectivity index (χ4n) is 3.78. The van der Waals surface area contributed by atoms with E-state index in [1.54, 1.807) is 24.5 Å². The van der Waals surface area contributed by atoms with Crippen molar-refractivity contribution in [3.63, 3.8) is 0 Å². The SMILES string of the molecule is OC(c1ccc(-c2ccc(F)cc2F)cc1F)C1CCN(c2ncccn2)CC1. The number of aliphatic hydroxyl groups is 1. The van der Waals surface area contributed by atoms with Crippen molar-refractivity contribution in [1.82, 2.24) is 9.97 Å². The van der Waals surface area contributed by atoms with E-state index in [4.69, 9.17) is 0 Å². The number of aliphatic hydroxyl groups excluding tert-OH is 1. The van der Waals surface area contributed by atoms with Crippen molar-refractivity contribution < 1.29 is 18.3 Å². The molecular weight excluding hydrogens is 379 g/mol. The van der Waals surface area contributed by atoms with Crippen molar-refractivity contribution in [1.29, 1.82) is 0 Å². The molecule has 0 spiro atoms. The zero-order valence-corrected chi connectivity index (χ0v) is 15.6. The fourth-order valence-corrected chi connectivity index (χ4v) is 3.78. The van der Waals surface area contributed by atoms with Gasteiger partial charge in [0.2, 0.25) is 5.95 Å². The summed E-state index contributed by atoms with van der Waals surface area (Å²) in [6, 6.07) is 9.13. The lowest BCUT2D eigenvalue weighted by Crippen LogP contribution is -2.36. The minimum Gasteiger partial charge on any atom is -0.388 e. The molecule has 0 aliphatic carbocycles. The van der Waals surface area contributed by atoms with E-state index in [2.05, 4.69) is 9.97 Å². The molecule has 1 aliphatic heterocycles. The highest BCUT2D eigenvalue weighted by atomic mass is 19.1. The molecule has 1 saturated heterocycles. The third-order valence-electron chi connectivity index (χ3n) is 5.38.